The Bertz CT molecular complexity index is 1630. The van der Waals surface area contributed by atoms with E-state index in [0.717, 1.165) is 89.9 Å². The molecule has 11 nitrogen and oxygen atoms in total. The lowest BCUT2D eigenvalue weighted by atomic mass is 9.99. The topological polar surface area (TPSA) is 175 Å². The van der Waals surface area contributed by atoms with E-state index in [1.54, 1.807) is 6.08 Å². The molecule has 8 atom stereocenters. The Morgan fingerprint density at radius 3 is 1.30 bits per heavy atom. The third kappa shape index (κ3) is 46.9. The highest BCUT2D eigenvalue weighted by Crippen LogP contribution is 2.26. The van der Waals surface area contributed by atoms with Crippen LogP contribution in [0.1, 0.15) is 310 Å². The zero-order valence-corrected chi connectivity index (χ0v) is 53.6. The lowest BCUT2D eigenvalue weighted by molar-refractivity contribution is -0.305. The first-order valence-electron chi connectivity index (χ1n) is 34.7. The van der Waals surface area contributed by atoms with Crippen LogP contribution in [0, 0.1) is 0 Å². The molecule has 1 fully saturated rings. The van der Waals surface area contributed by atoms with Gasteiger partial charge in [0.1, 0.15) is 24.4 Å². The average Bonchev–Trinajstić information content (AvgIpc) is 3.58. The summed E-state index contributed by atoms with van der Waals surface area (Å²) in [4.78, 5) is 26.6. The van der Waals surface area contributed by atoms with E-state index in [2.05, 4.69) is 86.8 Å². The molecular weight excluding hydrogens is 1040 g/mol. The normalized spacial score (nSPS) is 19.0. The van der Waals surface area contributed by atoms with Crippen LogP contribution in [0.2, 0.25) is 0 Å². The van der Waals surface area contributed by atoms with Crippen LogP contribution < -0.4 is 5.32 Å². The first-order valence-corrected chi connectivity index (χ1v) is 34.7. The van der Waals surface area contributed by atoms with Crippen molar-refractivity contribution in [3.8, 4) is 0 Å². The van der Waals surface area contributed by atoms with Gasteiger partial charge in [0, 0.05) is 6.42 Å². The lowest BCUT2D eigenvalue weighted by Gasteiger charge is -2.41. The minimum absolute atomic E-state index is 0.0833. The van der Waals surface area contributed by atoms with Crippen molar-refractivity contribution in [2.24, 2.45) is 0 Å². The number of allylic oxidation sites excluding steroid dienone is 11. The number of ether oxygens (including phenoxy) is 3. The van der Waals surface area contributed by atoms with Crippen molar-refractivity contribution in [2.45, 2.75) is 359 Å². The van der Waals surface area contributed by atoms with Crippen molar-refractivity contribution < 1.29 is 49.3 Å². The molecule has 0 spiro atoms. The van der Waals surface area contributed by atoms with Crippen molar-refractivity contribution in [3.05, 3.63) is 72.9 Å². The quantitative estimate of drug-likeness (QED) is 0.0195. The number of amides is 1. The van der Waals surface area contributed by atoms with Gasteiger partial charge in [0.05, 0.1) is 25.4 Å². The summed E-state index contributed by atoms with van der Waals surface area (Å²) >= 11 is 0. The molecule has 0 aliphatic carbocycles. The van der Waals surface area contributed by atoms with Crippen LogP contribution in [0.25, 0.3) is 0 Å². The van der Waals surface area contributed by atoms with Crippen LogP contribution in [0.4, 0.5) is 0 Å². The van der Waals surface area contributed by atoms with Gasteiger partial charge in [-0.25, -0.2) is 0 Å². The molecule has 0 aromatic rings. The number of carbonyl (C=O) groups excluding carboxylic acids is 2. The second kappa shape index (κ2) is 59.4. The smallest absolute Gasteiger partial charge is 0.306 e. The van der Waals surface area contributed by atoms with Crippen LogP contribution in [0.5, 0.6) is 0 Å². The fourth-order valence-corrected chi connectivity index (χ4v) is 10.7. The SMILES string of the molecule is CC/C=C\C/C=C\C/C=C\C/C=C\C/C=C\CCCCCC(=O)OC1C(OCC(NC(=O)C(O)CCCCCCCCCCCCCCCCCCCCCCCC)C(O)/C=C/CCCCCCCCCCCCC)OC(CO)C(O)C1O. The second-order valence-corrected chi connectivity index (χ2v) is 23.9. The van der Waals surface area contributed by atoms with E-state index in [-0.39, 0.29) is 13.0 Å². The fourth-order valence-electron chi connectivity index (χ4n) is 10.7. The zero-order valence-electron chi connectivity index (χ0n) is 53.6. The maximum Gasteiger partial charge on any atom is 0.306 e. The van der Waals surface area contributed by atoms with Crippen molar-refractivity contribution in [1.82, 2.24) is 5.32 Å². The molecule has 0 radical (unpaired) electrons. The molecule has 11 heteroatoms. The summed E-state index contributed by atoms with van der Waals surface area (Å²) in [5.74, 6) is -1.22. The number of hydrogen-bond donors (Lipinski definition) is 6. The molecular formula is C72H129NO10. The predicted octanol–water partition coefficient (Wildman–Crippen LogP) is 17.5. The van der Waals surface area contributed by atoms with Crippen LogP contribution in [-0.2, 0) is 23.8 Å². The maximum atomic E-state index is 13.5. The minimum atomic E-state index is -1.63. The molecule has 0 saturated carbocycles. The lowest BCUT2D eigenvalue weighted by Crippen LogP contribution is -2.61. The van der Waals surface area contributed by atoms with Crippen molar-refractivity contribution in [2.75, 3.05) is 13.2 Å². The Kier molecular flexibility index (Phi) is 55.9. The number of unbranched alkanes of at least 4 members (excludes halogenated alkanes) is 35. The summed E-state index contributed by atoms with van der Waals surface area (Å²) in [6.07, 6.45) is 66.6. The van der Waals surface area contributed by atoms with Gasteiger partial charge in [-0.05, 0) is 70.6 Å². The molecule has 1 rings (SSSR count). The zero-order chi connectivity index (χ0) is 60.3. The predicted molar refractivity (Wildman–Crippen MR) is 347 cm³/mol. The van der Waals surface area contributed by atoms with E-state index in [4.69, 9.17) is 14.2 Å². The molecule has 1 amide bonds. The van der Waals surface area contributed by atoms with Gasteiger partial charge in [0.25, 0.3) is 0 Å². The molecule has 1 saturated heterocycles. The third-order valence-electron chi connectivity index (χ3n) is 16.1. The van der Waals surface area contributed by atoms with Gasteiger partial charge in [-0.3, -0.25) is 9.59 Å². The summed E-state index contributed by atoms with van der Waals surface area (Å²) < 4.78 is 17.6. The third-order valence-corrected chi connectivity index (χ3v) is 16.1. The van der Waals surface area contributed by atoms with Crippen LogP contribution in [-0.4, -0.2) is 99.6 Å². The van der Waals surface area contributed by atoms with E-state index in [9.17, 15) is 35.1 Å². The molecule has 1 aliphatic rings. The molecule has 1 aliphatic heterocycles. The van der Waals surface area contributed by atoms with Crippen molar-refractivity contribution in [1.29, 1.82) is 0 Å². The van der Waals surface area contributed by atoms with Gasteiger partial charge in [-0.1, -0.05) is 306 Å². The largest absolute Gasteiger partial charge is 0.454 e. The number of aliphatic hydroxyl groups excluding tert-OH is 5. The molecule has 0 aromatic carbocycles. The molecule has 0 aromatic heterocycles. The second-order valence-electron chi connectivity index (χ2n) is 23.9. The van der Waals surface area contributed by atoms with Gasteiger partial charge < -0.3 is 45.1 Å². The van der Waals surface area contributed by atoms with E-state index in [1.807, 2.05) is 6.08 Å². The summed E-state index contributed by atoms with van der Waals surface area (Å²) in [7, 11) is 0. The summed E-state index contributed by atoms with van der Waals surface area (Å²) in [6.45, 7) is 5.70. The minimum Gasteiger partial charge on any atom is -0.454 e. The number of rotatable bonds is 59. The molecule has 8 unspecified atom stereocenters. The van der Waals surface area contributed by atoms with E-state index in [0.29, 0.717) is 19.3 Å². The van der Waals surface area contributed by atoms with Crippen molar-refractivity contribution in [3.63, 3.8) is 0 Å². The highest BCUT2D eigenvalue weighted by Gasteiger charge is 2.47. The monoisotopic (exact) mass is 1170 g/mol. The number of carbonyl (C=O) groups is 2. The number of aliphatic hydroxyl groups is 5. The maximum absolute atomic E-state index is 13.5. The summed E-state index contributed by atoms with van der Waals surface area (Å²) in [5.41, 5.74) is 0. The van der Waals surface area contributed by atoms with Crippen LogP contribution in [0.15, 0.2) is 72.9 Å². The van der Waals surface area contributed by atoms with Gasteiger partial charge in [0.15, 0.2) is 12.4 Å². The molecule has 482 valence electrons. The Morgan fingerprint density at radius 1 is 0.482 bits per heavy atom. The van der Waals surface area contributed by atoms with Gasteiger partial charge >= 0.3 is 5.97 Å². The Morgan fingerprint density at radius 2 is 0.867 bits per heavy atom. The summed E-state index contributed by atoms with van der Waals surface area (Å²) in [5, 5.41) is 57.2. The van der Waals surface area contributed by atoms with Gasteiger partial charge in [-0.15, -0.1) is 0 Å². The standard InChI is InChI=1S/C72H129NO10/c1-4-7-10-13-16-19-22-25-27-29-31-32-33-35-36-38-41-44-47-50-53-56-59-65(76)71(80)73-63(64(75)58-55-52-49-46-43-40-24-21-18-15-12-9-6-3)62-81-72-70(69(79)68(78)66(61-74)82-72)83-67(77)60-57-54-51-48-45-42-39-37-34-30-28-26-23-20-17-14-11-8-5-2/h8,11,17,20,26,28,34,37,42,45,55,58,63-66,68-70,72,74-76,78-79H,4-7,9-10,12-16,18-19,21-25,27,29-33,35-36,38-41,43-44,46-54,56-57,59-62H2,1-3H3,(H,73,80)/b11-8-,20-17-,28-26-,37-34-,45-42-,58-55+. The molecule has 1 heterocycles. The average molecular weight is 1170 g/mol. The number of hydrogen-bond acceptors (Lipinski definition) is 10. The van der Waals surface area contributed by atoms with Gasteiger partial charge in [-0.2, -0.15) is 0 Å². The molecule has 6 N–H and O–H groups in total. The Balaban J connectivity index is 2.63. The highest BCUT2D eigenvalue weighted by molar-refractivity contribution is 5.80. The van der Waals surface area contributed by atoms with Crippen LogP contribution in [0.3, 0.4) is 0 Å². The first kappa shape index (κ1) is 78.1. The fraction of sp³-hybridized carbons (Fsp3) is 0.806. The van der Waals surface area contributed by atoms with Crippen LogP contribution >= 0.6 is 0 Å². The molecule has 83 heavy (non-hydrogen) atoms. The Hall–Kier alpha value is -2.90. The number of esters is 1. The van der Waals surface area contributed by atoms with Gasteiger partial charge in [0.2, 0.25) is 5.91 Å². The first-order chi connectivity index (χ1) is 40.7. The number of nitrogens with one attached hydrogen (secondary N) is 1. The van der Waals surface area contributed by atoms with E-state index in [1.165, 1.54) is 173 Å². The van der Waals surface area contributed by atoms with Crippen molar-refractivity contribution >= 4 is 11.9 Å². The Labute approximate surface area is 509 Å². The molecule has 0 bridgehead atoms. The van der Waals surface area contributed by atoms with E-state index < -0.39 is 67.4 Å². The summed E-state index contributed by atoms with van der Waals surface area (Å²) in [6, 6.07) is -1.03. The highest BCUT2D eigenvalue weighted by atomic mass is 16.7. The van der Waals surface area contributed by atoms with E-state index >= 15 is 0 Å².